The molecule has 0 radical (unpaired) electrons. The molecule has 5 rings (SSSR count). The number of nitrogens with zero attached hydrogens (tertiary/aromatic N) is 4. The average molecular weight is 350 g/mol. The Bertz CT molecular complexity index is 1110. The quantitative estimate of drug-likeness (QED) is 0.602. The average Bonchev–Trinajstić information content (AvgIpc) is 3.21. The lowest BCUT2D eigenvalue weighted by Crippen LogP contribution is -1.90. The summed E-state index contributed by atoms with van der Waals surface area (Å²) in [7, 11) is 1.90. The topological polar surface area (TPSA) is 63.8 Å². The lowest BCUT2D eigenvalue weighted by Gasteiger charge is -2.06. The minimum atomic E-state index is -0.455. The largest absolute Gasteiger partial charge is 0.388 e. The molecule has 1 aliphatic rings. The van der Waals surface area contributed by atoms with Crippen molar-refractivity contribution < 1.29 is 5.11 Å². The number of aryl methyl sites for hydroxylation is 1. The van der Waals surface area contributed by atoms with E-state index in [-0.39, 0.29) is 0 Å². The molecule has 0 aliphatic heterocycles. The number of hydrogen-bond donors (Lipinski definition) is 1. The van der Waals surface area contributed by atoms with E-state index in [1.54, 1.807) is 16.0 Å². The predicted octanol–water partition coefficient (Wildman–Crippen LogP) is 4.18. The first kappa shape index (κ1) is 15.0. The van der Waals surface area contributed by atoms with E-state index in [0.29, 0.717) is 5.92 Å². The standard InChI is InChI=1S/C19H18N4OS/c1-10(24)17-7-15-14(11-3-4-11)6-16(21-19(15)25-17)12-5-13-9-23(2)22-18(13)20-8-12/h5-11,24H,3-4H2,1-2H3. The van der Waals surface area contributed by atoms with Gasteiger partial charge in [0.15, 0.2) is 5.65 Å². The molecule has 4 aromatic rings. The van der Waals surface area contributed by atoms with Crippen LogP contribution in [0, 0.1) is 0 Å². The highest BCUT2D eigenvalue weighted by atomic mass is 32.1. The van der Waals surface area contributed by atoms with E-state index in [1.165, 1.54) is 23.8 Å². The summed E-state index contributed by atoms with van der Waals surface area (Å²) in [6, 6.07) is 6.42. The van der Waals surface area contributed by atoms with Crippen molar-refractivity contribution in [3.8, 4) is 11.3 Å². The van der Waals surface area contributed by atoms with E-state index in [1.807, 2.05) is 26.4 Å². The lowest BCUT2D eigenvalue weighted by molar-refractivity contribution is 0.203. The highest BCUT2D eigenvalue weighted by Gasteiger charge is 2.27. The van der Waals surface area contributed by atoms with E-state index >= 15 is 0 Å². The Labute approximate surface area is 149 Å². The van der Waals surface area contributed by atoms with Crippen LogP contribution < -0.4 is 0 Å². The third-order valence-electron chi connectivity index (χ3n) is 4.75. The number of hydrogen-bond acceptors (Lipinski definition) is 5. The maximum Gasteiger partial charge on any atom is 0.181 e. The second-order valence-corrected chi connectivity index (χ2v) is 7.92. The molecule has 0 spiro atoms. The molecule has 1 unspecified atom stereocenters. The summed E-state index contributed by atoms with van der Waals surface area (Å²) in [4.78, 5) is 11.3. The first-order valence-electron chi connectivity index (χ1n) is 8.51. The molecule has 0 amide bonds. The maximum absolute atomic E-state index is 9.94. The van der Waals surface area contributed by atoms with Gasteiger partial charge < -0.3 is 5.11 Å². The molecular weight excluding hydrogens is 332 g/mol. The minimum Gasteiger partial charge on any atom is -0.388 e. The number of fused-ring (bicyclic) bond motifs is 2. The fourth-order valence-corrected chi connectivity index (χ4v) is 4.32. The summed E-state index contributed by atoms with van der Waals surface area (Å²) in [5.74, 6) is 0.621. The second kappa shape index (κ2) is 5.34. The van der Waals surface area contributed by atoms with Gasteiger partial charge in [-0.1, -0.05) is 0 Å². The van der Waals surface area contributed by atoms with Gasteiger partial charge in [0.05, 0.1) is 11.8 Å². The molecule has 1 fully saturated rings. The molecule has 0 bridgehead atoms. The van der Waals surface area contributed by atoms with Gasteiger partial charge >= 0.3 is 0 Å². The number of rotatable bonds is 3. The number of pyridine rings is 2. The normalized spacial score (nSPS) is 16.0. The number of aromatic nitrogens is 4. The van der Waals surface area contributed by atoms with Crippen molar-refractivity contribution >= 4 is 32.6 Å². The molecule has 4 aromatic heterocycles. The molecule has 25 heavy (non-hydrogen) atoms. The molecule has 126 valence electrons. The predicted molar refractivity (Wildman–Crippen MR) is 99.7 cm³/mol. The fourth-order valence-electron chi connectivity index (χ4n) is 3.32. The Kier molecular flexibility index (Phi) is 3.20. The van der Waals surface area contributed by atoms with Crippen LogP contribution in [-0.2, 0) is 7.05 Å². The highest BCUT2D eigenvalue weighted by molar-refractivity contribution is 7.18. The van der Waals surface area contributed by atoms with E-state index in [4.69, 9.17) is 4.98 Å². The summed E-state index contributed by atoms with van der Waals surface area (Å²) in [5.41, 5.74) is 4.07. The first-order chi connectivity index (χ1) is 12.1. The summed E-state index contributed by atoms with van der Waals surface area (Å²) in [5, 5.41) is 16.5. The van der Waals surface area contributed by atoms with Gasteiger partial charge in [0, 0.05) is 40.7 Å². The zero-order valence-electron chi connectivity index (χ0n) is 14.1. The van der Waals surface area contributed by atoms with Gasteiger partial charge in [0.2, 0.25) is 0 Å². The van der Waals surface area contributed by atoms with Gasteiger partial charge in [-0.05, 0) is 49.4 Å². The molecule has 1 atom stereocenters. The molecule has 1 saturated carbocycles. The lowest BCUT2D eigenvalue weighted by atomic mass is 10.0. The summed E-state index contributed by atoms with van der Waals surface area (Å²) < 4.78 is 1.78. The van der Waals surface area contributed by atoms with Crippen LogP contribution in [0.5, 0.6) is 0 Å². The van der Waals surface area contributed by atoms with Crippen LogP contribution in [0.4, 0.5) is 0 Å². The van der Waals surface area contributed by atoms with Gasteiger partial charge in [-0.2, -0.15) is 5.10 Å². The Morgan fingerprint density at radius 3 is 2.88 bits per heavy atom. The molecule has 4 heterocycles. The van der Waals surface area contributed by atoms with Crippen molar-refractivity contribution in [3.63, 3.8) is 0 Å². The van der Waals surface area contributed by atoms with Crippen LogP contribution in [0.25, 0.3) is 32.5 Å². The van der Waals surface area contributed by atoms with Crippen LogP contribution >= 0.6 is 11.3 Å². The first-order valence-corrected chi connectivity index (χ1v) is 9.32. The zero-order valence-corrected chi connectivity index (χ0v) is 14.9. The third kappa shape index (κ3) is 2.53. The van der Waals surface area contributed by atoms with Gasteiger partial charge in [0.25, 0.3) is 0 Å². The van der Waals surface area contributed by atoms with Crippen molar-refractivity contribution in [1.82, 2.24) is 19.7 Å². The molecule has 0 saturated heterocycles. The molecule has 6 heteroatoms. The summed E-state index contributed by atoms with van der Waals surface area (Å²) >= 11 is 1.58. The molecular formula is C19H18N4OS. The van der Waals surface area contributed by atoms with Crippen LogP contribution in [-0.4, -0.2) is 24.9 Å². The van der Waals surface area contributed by atoms with Crippen molar-refractivity contribution in [2.24, 2.45) is 7.05 Å². The summed E-state index contributed by atoms with van der Waals surface area (Å²) in [6.07, 6.45) is 5.84. The Morgan fingerprint density at radius 1 is 1.28 bits per heavy atom. The number of thiophene rings is 1. The van der Waals surface area contributed by atoms with Crippen molar-refractivity contribution in [1.29, 1.82) is 0 Å². The van der Waals surface area contributed by atoms with E-state index < -0.39 is 6.10 Å². The van der Waals surface area contributed by atoms with E-state index in [0.717, 1.165) is 32.0 Å². The van der Waals surface area contributed by atoms with E-state index in [9.17, 15) is 5.11 Å². The molecule has 1 aliphatic carbocycles. The van der Waals surface area contributed by atoms with Crippen LogP contribution in [0.1, 0.15) is 42.2 Å². The number of aliphatic hydroxyl groups is 1. The Hall–Kier alpha value is -2.31. The molecule has 1 N–H and O–H groups in total. The van der Waals surface area contributed by atoms with Crippen molar-refractivity contribution in [2.75, 3.05) is 0 Å². The SMILES string of the molecule is CC(O)c1cc2c(C3CC3)cc(-c3cnc4nn(C)cc4c3)nc2s1. The van der Waals surface area contributed by atoms with Crippen LogP contribution in [0.3, 0.4) is 0 Å². The monoisotopic (exact) mass is 350 g/mol. The van der Waals surface area contributed by atoms with Crippen LogP contribution in [0.15, 0.2) is 30.6 Å². The Morgan fingerprint density at radius 2 is 2.12 bits per heavy atom. The van der Waals surface area contributed by atoms with E-state index in [2.05, 4.69) is 28.3 Å². The maximum atomic E-state index is 9.94. The molecule has 0 aromatic carbocycles. The highest BCUT2D eigenvalue weighted by Crippen LogP contribution is 2.46. The van der Waals surface area contributed by atoms with Gasteiger partial charge in [-0.25, -0.2) is 9.97 Å². The van der Waals surface area contributed by atoms with Crippen LogP contribution in [0.2, 0.25) is 0 Å². The van der Waals surface area contributed by atoms with Gasteiger partial charge in [-0.3, -0.25) is 4.68 Å². The zero-order chi connectivity index (χ0) is 17.1. The third-order valence-corrected chi connectivity index (χ3v) is 5.95. The smallest absolute Gasteiger partial charge is 0.181 e. The number of aliphatic hydroxyl groups excluding tert-OH is 1. The van der Waals surface area contributed by atoms with Gasteiger partial charge in [-0.15, -0.1) is 11.3 Å². The second-order valence-electron chi connectivity index (χ2n) is 6.85. The minimum absolute atomic E-state index is 0.455. The fraction of sp³-hybridized carbons (Fsp3) is 0.316. The molecule has 5 nitrogen and oxygen atoms in total. The Balaban J connectivity index is 1.71. The van der Waals surface area contributed by atoms with Crippen molar-refractivity contribution in [3.05, 3.63) is 41.0 Å². The van der Waals surface area contributed by atoms with Crippen molar-refractivity contribution in [2.45, 2.75) is 31.8 Å². The summed E-state index contributed by atoms with van der Waals surface area (Å²) in [6.45, 7) is 1.81. The van der Waals surface area contributed by atoms with Gasteiger partial charge in [0.1, 0.15) is 4.83 Å².